The summed E-state index contributed by atoms with van der Waals surface area (Å²) in [5, 5.41) is 0. The van der Waals surface area contributed by atoms with Crippen LogP contribution in [-0.4, -0.2) is 41.1 Å². The number of hydrogen-bond acceptors (Lipinski definition) is 0. The first-order chi connectivity index (χ1) is 11.7. The topological polar surface area (TPSA) is 0 Å². The molecule has 160 valence electrons. The molecule has 0 radical (unpaired) electrons. The minimum atomic E-state index is -1.28. The Bertz CT molecular complexity index is 504. The van der Waals surface area contributed by atoms with E-state index in [1.807, 2.05) is 0 Å². The fourth-order valence-electron chi connectivity index (χ4n) is 7.86. The third kappa shape index (κ3) is 4.06. The molecule has 1 heterocycles. The van der Waals surface area contributed by atoms with Crippen molar-refractivity contribution >= 4 is 41.1 Å². The van der Waals surface area contributed by atoms with Crippen molar-refractivity contribution in [3.8, 4) is 0 Å². The van der Waals surface area contributed by atoms with E-state index in [1.165, 1.54) is 6.04 Å². The molecule has 0 unspecified atom stereocenters. The van der Waals surface area contributed by atoms with Crippen molar-refractivity contribution in [2.75, 3.05) is 0 Å². The molecule has 0 spiro atoms. The van der Waals surface area contributed by atoms with Crippen LogP contribution in [0.25, 0.3) is 0 Å². The van der Waals surface area contributed by atoms with Gasteiger partial charge in [0.1, 0.15) is 0 Å². The average molecular weight is 457 g/mol. The van der Waals surface area contributed by atoms with Crippen molar-refractivity contribution in [2.24, 2.45) is 0 Å². The third-order valence-electron chi connectivity index (χ3n) is 8.82. The Hall–Kier alpha value is 0.824. The molecule has 1 aliphatic heterocycles. The number of hydrogen-bond donors (Lipinski definition) is 0. The average Bonchev–Trinajstić information content (AvgIpc) is 2.73. The Balaban J connectivity index is 3.97. The molecule has 0 aliphatic carbocycles. The zero-order valence-corrected chi connectivity index (χ0v) is 26.9. The predicted octanol–water partition coefficient (Wildman–Crippen LogP) is 8.35. The van der Waals surface area contributed by atoms with Crippen molar-refractivity contribution in [2.45, 2.75) is 127 Å². The van der Waals surface area contributed by atoms with E-state index in [9.17, 15) is 0 Å². The van der Waals surface area contributed by atoms with Crippen LogP contribution in [0.5, 0.6) is 0 Å². The molecule has 1 aliphatic rings. The summed E-state index contributed by atoms with van der Waals surface area (Å²) in [6.45, 7) is 40.3. The Morgan fingerprint density at radius 3 is 1.04 bits per heavy atom. The third-order valence-corrected chi connectivity index (χ3v) is 48.1. The van der Waals surface area contributed by atoms with Crippen molar-refractivity contribution in [3.63, 3.8) is 0 Å². The van der Waals surface area contributed by atoms with Crippen molar-refractivity contribution in [3.05, 3.63) is 11.1 Å². The lowest BCUT2D eigenvalue weighted by Crippen LogP contribution is -2.68. The summed E-state index contributed by atoms with van der Waals surface area (Å²) in [6, 6.07) is 1.52. The number of allylic oxidation sites excluding steroid dienone is 2. The molecule has 0 atom stereocenters. The molecule has 0 aromatic heterocycles. The SMILES string of the molecule is CC(C)=C(C)C[SiH]1C([Si](C)(C)C)([Si](C)(C)C)CCC1([Si](C)(C)C)[Si](C)(C)C. The van der Waals surface area contributed by atoms with Crippen LogP contribution >= 0.6 is 0 Å². The van der Waals surface area contributed by atoms with E-state index in [4.69, 9.17) is 0 Å². The van der Waals surface area contributed by atoms with Crippen molar-refractivity contribution in [1.29, 1.82) is 0 Å². The summed E-state index contributed by atoms with van der Waals surface area (Å²) in [7, 11) is -6.11. The van der Waals surface area contributed by atoms with Crippen LogP contribution in [0.3, 0.4) is 0 Å². The molecular weight excluding hydrogens is 405 g/mol. The molecule has 1 saturated heterocycles. The van der Waals surface area contributed by atoms with Crippen LogP contribution in [0.15, 0.2) is 11.1 Å². The lowest BCUT2D eigenvalue weighted by Gasteiger charge is -2.61. The highest BCUT2D eigenvalue weighted by Gasteiger charge is 2.71. The lowest BCUT2D eigenvalue weighted by atomic mass is 10.2. The maximum atomic E-state index is 2.76. The van der Waals surface area contributed by atoms with Gasteiger partial charge in [0.2, 0.25) is 0 Å². The summed E-state index contributed by atoms with van der Waals surface area (Å²) < 4.78 is 1.61. The van der Waals surface area contributed by atoms with Gasteiger partial charge < -0.3 is 0 Å². The Morgan fingerprint density at radius 1 is 0.593 bits per heavy atom. The Labute approximate surface area is 178 Å². The summed E-state index contributed by atoms with van der Waals surface area (Å²) in [4.78, 5) is 0. The van der Waals surface area contributed by atoms with Gasteiger partial charge in [-0.1, -0.05) is 103 Å². The van der Waals surface area contributed by atoms with Gasteiger partial charge in [-0.3, -0.25) is 0 Å². The number of rotatable bonds is 6. The second-order valence-electron chi connectivity index (χ2n) is 14.0. The van der Waals surface area contributed by atoms with Gasteiger partial charge >= 0.3 is 0 Å². The highest BCUT2D eigenvalue weighted by Crippen LogP contribution is 2.72. The van der Waals surface area contributed by atoms with Crippen LogP contribution in [0.4, 0.5) is 0 Å². The molecule has 0 N–H and O–H groups in total. The van der Waals surface area contributed by atoms with Crippen LogP contribution in [0.2, 0.25) is 93.2 Å². The smallest absolute Gasteiger partial charge is 0.0449 e. The molecule has 0 bridgehead atoms. The van der Waals surface area contributed by atoms with Gasteiger partial charge in [-0.15, -0.1) is 0 Å². The summed E-state index contributed by atoms with van der Waals surface area (Å²) in [5.41, 5.74) is 3.37. The molecule has 0 aromatic carbocycles. The van der Waals surface area contributed by atoms with E-state index in [2.05, 4.69) is 99.3 Å². The molecule has 0 nitrogen and oxygen atoms in total. The van der Waals surface area contributed by atoms with Crippen LogP contribution in [-0.2, 0) is 0 Å². The van der Waals surface area contributed by atoms with E-state index >= 15 is 0 Å². The van der Waals surface area contributed by atoms with Gasteiger partial charge in [0.15, 0.2) is 0 Å². The zero-order valence-electron chi connectivity index (χ0n) is 21.7. The van der Waals surface area contributed by atoms with E-state index < -0.39 is 41.1 Å². The first-order valence-corrected chi connectivity index (χ1v) is 27.3. The monoisotopic (exact) mass is 456 g/mol. The second kappa shape index (κ2) is 7.50. The molecule has 0 aromatic rings. The van der Waals surface area contributed by atoms with E-state index in [-0.39, 0.29) is 0 Å². The molecule has 5 heteroatoms. The normalized spacial score (nSPS) is 21.4. The fourth-order valence-corrected chi connectivity index (χ4v) is 55.5. The zero-order chi connectivity index (χ0) is 21.9. The van der Waals surface area contributed by atoms with Crippen LogP contribution in [0, 0.1) is 0 Å². The molecular formula is C22H52Si5. The van der Waals surface area contributed by atoms with Gasteiger partial charge in [-0.2, -0.15) is 0 Å². The molecule has 1 fully saturated rings. The van der Waals surface area contributed by atoms with Gasteiger partial charge in [0.05, 0.1) is 0 Å². The largest absolute Gasteiger partial charge is 0.0778 e. The molecule has 1 rings (SSSR count). The summed E-state index contributed by atoms with van der Waals surface area (Å²) >= 11 is 0. The summed E-state index contributed by atoms with van der Waals surface area (Å²) in [6.07, 6.45) is 3.19. The van der Waals surface area contributed by atoms with Gasteiger partial charge in [-0.05, 0) is 35.4 Å². The standard InChI is InChI=1S/C22H52Si5/c1-19(2)20(3)18-23-21(24(4,5)6,25(7,8)9)16-17-22(23,26(10,11)12)27(13,14)15/h23H,16-18H2,1-15H3. The molecule has 27 heavy (non-hydrogen) atoms. The van der Waals surface area contributed by atoms with Crippen LogP contribution < -0.4 is 0 Å². The first kappa shape index (κ1) is 25.9. The van der Waals surface area contributed by atoms with Crippen LogP contribution in [0.1, 0.15) is 33.6 Å². The van der Waals surface area contributed by atoms with Gasteiger partial charge in [0, 0.05) is 41.1 Å². The van der Waals surface area contributed by atoms with E-state index in [1.54, 1.807) is 24.0 Å². The van der Waals surface area contributed by atoms with Crippen molar-refractivity contribution < 1.29 is 0 Å². The minimum Gasteiger partial charge on any atom is -0.0778 e. The lowest BCUT2D eigenvalue weighted by molar-refractivity contribution is 0.763. The highest BCUT2D eigenvalue weighted by atomic mass is 28.5. The molecule has 0 amide bonds. The maximum absolute atomic E-state index is 2.76. The van der Waals surface area contributed by atoms with Gasteiger partial charge in [0.25, 0.3) is 0 Å². The predicted molar refractivity (Wildman–Crippen MR) is 144 cm³/mol. The van der Waals surface area contributed by atoms with E-state index in [0.29, 0.717) is 0 Å². The summed E-state index contributed by atoms with van der Waals surface area (Å²) in [5.74, 6) is 0. The molecule has 0 saturated carbocycles. The maximum Gasteiger partial charge on any atom is 0.0449 e. The minimum absolute atomic E-state index is 0.803. The van der Waals surface area contributed by atoms with Gasteiger partial charge in [-0.25, -0.2) is 0 Å². The Kier molecular flexibility index (Phi) is 7.19. The van der Waals surface area contributed by atoms with E-state index in [0.717, 1.165) is 8.57 Å². The second-order valence-corrected chi connectivity index (χ2v) is 42.3. The highest BCUT2D eigenvalue weighted by molar-refractivity contribution is 7.21. The fraction of sp³-hybridized carbons (Fsp3) is 0.909. The quantitative estimate of drug-likeness (QED) is 0.278. The van der Waals surface area contributed by atoms with Crippen molar-refractivity contribution in [1.82, 2.24) is 0 Å². The Morgan fingerprint density at radius 2 is 0.852 bits per heavy atom. The first-order valence-electron chi connectivity index (χ1n) is 11.3.